The summed E-state index contributed by atoms with van der Waals surface area (Å²) in [6.07, 6.45) is 3.52. The standard InChI is InChI=1S/C26H30ClFIN5O5.C26H29ClFN5O5/c1-26(2,3)39-25(37)30-17-6-5-10-33(14-17)24-31-21(29)20(22(35)32(4)19-9-11-38-23(19)36)34(24)13-15-12-16(28)7-8-18(15)27;1-26(2,3)38-25(36)29-16-6-5-9-32(12-16)24-30-19-17-13-37-23(35)20(17)31(4)22(34)21(19)33(24)11-14-10-15(28)7-8-18(14)27/h7-9,12,17H,5-6,10-11,13-14H2,1-4H3,(H,30,37);7-8,10,16H,5-6,9,11-13H2,1-4H3,(H,29,36)/t17-;16-/m11/s1. The van der Waals surface area contributed by atoms with Gasteiger partial charge < -0.3 is 58.0 Å². The number of carbonyl (C=O) groups excluding carboxylic acids is 5. The number of cyclic esters (lactones) is 2. The van der Waals surface area contributed by atoms with Crippen molar-refractivity contribution in [2.24, 2.45) is 7.05 Å². The number of alkyl carbamates (subject to hydrolysis) is 2. The number of aromatic nitrogens is 5. The third-order valence-electron chi connectivity index (χ3n) is 12.9. The average Bonchev–Trinajstić information content (AvgIpc) is 4.13. The molecule has 3 amide bonds. The zero-order valence-corrected chi connectivity index (χ0v) is 47.4. The van der Waals surface area contributed by atoms with Gasteiger partial charge in [-0.25, -0.2) is 37.9 Å². The molecule has 2 saturated heterocycles. The Hall–Kier alpha value is -6.47. The van der Waals surface area contributed by atoms with E-state index in [4.69, 9.17) is 52.1 Å². The number of pyridine rings is 1. The third kappa shape index (κ3) is 12.9. The molecular formula is C52H59Cl2F2IN10O10. The fraction of sp³-hybridized carbons (Fsp3) is 0.462. The van der Waals surface area contributed by atoms with Gasteiger partial charge in [-0.3, -0.25) is 9.59 Å². The number of esters is 2. The molecule has 25 heteroatoms. The molecule has 9 rings (SSSR count). The van der Waals surface area contributed by atoms with E-state index in [-0.39, 0.29) is 61.0 Å². The Kier molecular flexibility index (Phi) is 16.8. The lowest BCUT2D eigenvalue weighted by atomic mass is 10.1. The predicted molar refractivity (Wildman–Crippen MR) is 290 cm³/mol. The van der Waals surface area contributed by atoms with E-state index in [1.165, 1.54) is 66.0 Å². The lowest BCUT2D eigenvalue weighted by molar-refractivity contribution is -0.137. The first-order chi connectivity index (χ1) is 36.3. The van der Waals surface area contributed by atoms with Gasteiger partial charge in [-0.2, -0.15) is 0 Å². The van der Waals surface area contributed by atoms with Gasteiger partial charge in [0.2, 0.25) is 11.9 Å². The fourth-order valence-corrected chi connectivity index (χ4v) is 10.6. The Morgan fingerprint density at radius 1 is 0.792 bits per heavy atom. The van der Waals surface area contributed by atoms with Crippen LogP contribution in [0.4, 0.5) is 30.3 Å². The van der Waals surface area contributed by atoms with Crippen LogP contribution in [-0.4, -0.2) is 122 Å². The van der Waals surface area contributed by atoms with Crippen LogP contribution in [0.1, 0.15) is 105 Å². The molecule has 4 aliphatic heterocycles. The van der Waals surface area contributed by atoms with E-state index >= 15 is 0 Å². The summed E-state index contributed by atoms with van der Waals surface area (Å²) in [4.78, 5) is 91.3. The maximum Gasteiger partial charge on any atom is 0.407 e. The number of anilines is 2. The van der Waals surface area contributed by atoms with Crippen LogP contribution in [0, 0.1) is 15.3 Å². The van der Waals surface area contributed by atoms with Gasteiger partial charge in [0.15, 0.2) is 0 Å². The maximum atomic E-state index is 14.2. The van der Waals surface area contributed by atoms with Gasteiger partial charge >= 0.3 is 24.1 Å². The van der Waals surface area contributed by atoms with Gasteiger partial charge in [0, 0.05) is 68.0 Å². The number of piperidine rings is 2. The van der Waals surface area contributed by atoms with Crippen LogP contribution in [0.5, 0.6) is 0 Å². The van der Waals surface area contributed by atoms with Crippen LogP contribution in [0.2, 0.25) is 10.0 Å². The van der Waals surface area contributed by atoms with Crippen molar-refractivity contribution < 1.29 is 51.7 Å². The number of benzene rings is 2. The third-order valence-corrected chi connectivity index (χ3v) is 14.4. The van der Waals surface area contributed by atoms with Crippen molar-refractivity contribution in [3.8, 4) is 0 Å². The highest BCUT2D eigenvalue weighted by Gasteiger charge is 2.36. The summed E-state index contributed by atoms with van der Waals surface area (Å²) < 4.78 is 54.4. The van der Waals surface area contributed by atoms with Crippen molar-refractivity contribution in [2.45, 2.75) is 110 Å². The van der Waals surface area contributed by atoms with E-state index in [1.807, 2.05) is 32.4 Å². The Morgan fingerprint density at radius 3 is 1.82 bits per heavy atom. The molecule has 3 aromatic heterocycles. The number of nitrogens with one attached hydrogen (secondary N) is 2. The normalized spacial score (nSPS) is 17.5. The summed E-state index contributed by atoms with van der Waals surface area (Å²) in [6.45, 7) is 13.1. The number of imidazole rings is 2. The molecule has 2 fully saturated rings. The van der Waals surface area contributed by atoms with Gasteiger partial charge in [0.05, 0.1) is 13.1 Å². The molecule has 0 aliphatic carbocycles. The number of hydrogen-bond acceptors (Lipinski definition) is 14. The van der Waals surface area contributed by atoms with Gasteiger partial charge in [-0.15, -0.1) is 0 Å². The molecule has 2 atom stereocenters. The van der Waals surface area contributed by atoms with Crippen molar-refractivity contribution in [3.63, 3.8) is 0 Å². The molecule has 0 unspecified atom stereocenters. The van der Waals surface area contributed by atoms with E-state index in [0.29, 0.717) is 74.0 Å². The van der Waals surface area contributed by atoms with Crippen molar-refractivity contribution in [3.05, 3.63) is 112 Å². The second-order valence-electron chi connectivity index (χ2n) is 21.0. The van der Waals surface area contributed by atoms with Crippen molar-refractivity contribution in [1.29, 1.82) is 0 Å². The number of rotatable bonds is 10. The number of carbonyl (C=O) groups is 5. The number of ether oxygens (including phenoxy) is 4. The molecule has 0 bridgehead atoms. The average molecular weight is 1220 g/mol. The smallest absolute Gasteiger partial charge is 0.407 e. The summed E-state index contributed by atoms with van der Waals surface area (Å²) >= 11 is 14.8. The number of likely N-dealkylation sites (N-methyl/N-ethyl adjacent to an activating group) is 1. The molecule has 4 aliphatic rings. The van der Waals surface area contributed by atoms with E-state index in [0.717, 1.165) is 25.7 Å². The second-order valence-corrected chi connectivity index (χ2v) is 22.8. The molecule has 0 radical (unpaired) electrons. The van der Waals surface area contributed by atoms with Gasteiger partial charge in [-0.05, 0) is 143 Å². The molecule has 2 aromatic carbocycles. The molecule has 5 aromatic rings. The zero-order valence-electron chi connectivity index (χ0n) is 43.7. The van der Waals surface area contributed by atoms with Crippen LogP contribution in [0.3, 0.4) is 0 Å². The summed E-state index contributed by atoms with van der Waals surface area (Å²) in [6, 6.07) is 7.67. The van der Waals surface area contributed by atoms with Gasteiger partial charge in [0.25, 0.3) is 11.5 Å². The lowest BCUT2D eigenvalue weighted by Gasteiger charge is -2.34. The largest absolute Gasteiger partial charge is 0.457 e. The van der Waals surface area contributed by atoms with Crippen molar-refractivity contribution in [2.75, 3.05) is 49.6 Å². The van der Waals surface area contributed by atoms with E-state index < -0.39 is 58.4 Å². The number of hydrogen-bond donors (Lipinski definition) is 2. The van der Waals surface area contributed by atoms with E-state index in [1.54, 1.807) is 50.7 Å². The minimum absolute atomic E-state index is 0.00120. The zero-order chi connectivity index (χ0) is 55.8. The molecule has 77 heavy (non-hydrogen) atoms. The first kappa shape index (κ1) is 56.7. The Morgan fingerprint density at radius 2 is 1.31 bits per heavy atom. The highest BCUT2D eigenvalue weighted by Crippen LogP contribution is 2.34. The number of nitrogens with zero attached hydrogens (tertiary/aromatic N) is 8. The Bertz CT molecular complexity index is 3260. The Labute approximate surface area is 466 Å². The van der Waals surface area contributed by atoms with Crippen molar-refractivity contribution >= 4 is 98.8 Å². The minimum Gasteiger partial charge on any atom is -0.457 e. The van der Waals surface area contributed by atoms with Crippen molar-refractivity contribution in [1.82, 2.24) is 39.2 Å². The fourth-order valence-electron chi connectivity index (χ4n) is 9.51. The second kappa shape index (κ2) is 22.9. The van der Waals surface area contributed by atoms with Crippen LogP contribution < -0.4 is 26.0 Å². The quantitative estimate of drug-likeness (QED) is 0.0769. The number of amides is 3. The minimum atomic E-state index is -0.628. The van der Waals surface area contributed by atoms with Crippen LogP contribution >= 0.6 is 45.8 Å². The monoisotopic (exact) mass is 1220 g/mol. The lowest BCUT2D eigenvalue weighted by Crippen LogP contribution is -2.49. The highest BCUT2D eigenvalue weighted by molar-refractivity contribution is 14.1. The van der Waals surface area contributed by atoms with Crippen LogP contribution in [0.15, 0.2) is 53.0 Å². The number of halogens is 5. The van der Waals surface area contributed by atoms with Crippen LogP contribution in [-0.2, 0) is 50.5 Å². The van der Waals surface area contributed by atoms with Crippen LogP contribution in [0.25, 0.3) is 11.0 Å². The molecule has 2 N–H and O–H groups in total. The first-order valence-electron chi connectivity index (χ1n) is 24.8. The SMILES string of the molecule is CN(C(=O)c1c(I)nc(N2CCC[C@@H](NC(=O)OC(C)(C)C)C2)n1Cc1cc(F)ccc1Cl)C1=CCOC1=O.Cn1c2c(c3nc(N4CCC[C@@H](NC(=O)OC(C)(C)C)C4)n(Cc4cc(F)ccc4Cl)c3c1=O)COC2=O. The molecule has 0 spiro atoms. The van der Waals surface area contributed by atoms with E-state index in [2.05, 4.69) is 10.6 Å². The van der Waals surface area contributed by atoms with Gasteiger partial charge in [0.1, 0.15) is 67.9 Å². The van der Waals surface area contributed by atoms with Gasteiger partial charge in [-0.1, -0.05) is 23.2 Å². The summed E-state index contributed by atoms with van der Waals surface area (Å²) in [5.74, 6) is -1.64. The summed E-state index contributed by atoms with van der Waals surface area (Å²) in [7, 11) is 3.01. The summed E-state index contributed by atoms with van der Waals surface area (Å²) in [5, 5.41) is 6.52. The molecule has 412 valence electrons. The maximum absolute atomic E-state index is 14.2. The topological polar surface area (TPSA) is 214 Å². The molecular weight excluding hydrogens is 1160 g/mol. The summed E-state index contributed by atoms with van der Waals surface area (Å²) in [5.41, 5.74) is 0.929. The molecule has 7 heterocycles. The molecule has 20 nitrogen and oxygen atoms in total. The molecule has 0 saturated carbocycles. The predicted octanol–water partition coefficient (Wildman–Crippen LogP) is 8.07. The number of fused-ring (bicyclic) bond motifs is 3. The first-order valence-corrected chi connectivity index (χ1v) is 26.7. The highest BCUT2D eigenvalue weighted by atomic mass is 127. The Balaban J connectivity index is 0.000000204. The van der Waals surface area contributed by atoms with E-state index in [9.17, 15) is 37.5 Å².